The van der Waals surface area contributed by atoms with Gasteiger partial charge in [-0.25, -0.2) is 18.4 Å². The average Bonchev–Trinajstić information content (AvgIpc) is 2.60. The quantitative estimate of drug-likeness (QED) is 0.798. The lowest BCUT2D eigenvalue weighted by atomic mass is 9.84. The molecule has 20 heavy (non-hydrogen) atoms. The van der Waals surface area contributed by atoms with Gasteiger partial charge < -0.3 is 9.64 Å². The van der Waals surface area contributed by atoms with Gasteiger partial charge in [-0.1, -0.05) is 0 Å². The summed E-state index contributed by atoms with van der Waals surface area (Å²) in [6.07, 6.45) is 2.32. The average molecular weight is 297 g/mol. The fraction of sp³-hybridized carbons (Fsp3) is 0.692. The van der Waals surface area contributed by atoms with E-state index in [9.17, 15) is 8.42 Å². The van der Waals surface area contributed by atoms with Crippen LogP contribution >= 0.6 is 0 Å². The zero-order valence-corrected chi connectivity index (χ0v) is 12.6. The molecule has 110 valence electrons. The Kier molecular flexibility index (Phi) is 3.21. The predicted octanol–water partition coefficient (Wildman–Crippen LogP) is 0.283. The lowest BCUT2D eigenvalue weighted by Gasteiger charge is -2.48. The standard InChI is InChI=1S/C13H19N3O3S/c1-10-3-5-14-12(15-10)19-7-11-4-6-20(17,18)13(11)8-16(2)9-13/h3,5,11H,4,6-9H2,1-2H3/t11-/m1/s1. The van der Waals surface area contributed by atoms with Crippen LogP contribution in [0.5, 0.6) is 6.01 Å². The van der Waals surface area contributed by atoms with Crippen molar-refractivity contribution < 1.29 is 13.2 Å². The van der Waals surface area contributed by atoms with E-state index in [1.54, 1.807) is 12.3 Å². The maximum Gasteiger partial charge on any atom is 0.316 e. The number of likely N-dealkylation sites (tertiary alicyclic amines) is 1. The summed E-state index contributed by atoms with van der Waals surface area (Å²) >= 11 is 0. The summed E-state index contributed by atoms with van der Waals surface area (Å²) in [5.41, 5.74) is 0.840. The number of hydrogen-bond donors (Lipinski definition) is 0. The number of ether oxygens (including phenoxy) is 1. The van der Waals surface area contributed by atoms with Crippen molar-refractivity contribution in [3.05, 3.63) is 18.0 Å². The molecular weight excluding hydrogens is 278 g/mol. The fourth-order valence-electron chi connectivity index (χ4n) is 3.25. The van der Waals surface area contributed by atoms with E-state index in [2.05, 4.69) is 9.97 Å². The second-order valence-electron chi connectivity index (χ2n) is 5.83. The highest BCUT2D eigenvalue weighted by Crippen LogP contribution is 2.44. The number of rotatable bonds is 3. The molecule has 0 radical (unpaired) electrons. The Labute approximate surface area is 119 Å². The van der Waals surface area contributed by atoms with E-state index in [4.69, 9.17) is 4.74 Å². The zero-order valence-electron chi connectivity index (χ0n) is 11.7. The van der Waals surface area contributed by atoms with Crippen molar-refractivity contribution in [2.45, 2.75) is 18.1 Å². The number of nitrogens with zero attached hydrogens (tertiary/aromatic N) is 3. The summed E-state index contributed by atoms with van der Waals surface area (Å²) in [5, 5.41) is 0. The van der Waals surface area contributed by atoms with Gasteiger partial charge in [-0.05, 0) is 26.5 Å². The Balaban J connectivity index is 1.72. The largest absolute Gasteiger partial charge is 0.463 e. The third kappa shape index (κ3) is 2.09. The second kappa shape index (κ2) is 4.66. The molecule has 1 aromatic heterocycles. The van der Waals surface area contributed by atoms with E-state index >= 15 is 0 Å². The first kappa shape index (κ1) is 13.8. The number of aromatic nitrogens is 2. The molecule has 1 spiro atoms. The van der Waals surface area contributed by atoms with Gasteiger partial charge in [0.15, 0.2) is 9.84 Å². The van der Waals surface area contributed by atoms with Crippen molar-refractivity contribution in [3.8, 4) is 6.01 Å². The molecule has 2 aliphatic rings. The maximum absolute atomic E-state index is 12.3. The van der Waals surface area contributed by atoms with Gasteiger partial charge in [0.1, 0.15) is 4.75 Å². The van der Waals surface area contributed by atoms with Crippen molar-refractivity contribution >= 4 is 9.84 Å². The van der Waals surface area contributed by atoms with E-state index in [1.165, 1.54) is 0 Å². The van der Waals surface area contributed by atoms with Crippen LogP contribution in [-0.2, 0) is 9.84 Å². The number of aryl methyl sites for hydroxylation is 1. The van der Waals surface area contributed by atoms with Crippen molar-refractivity contribution in [2.75, 3.05) is 32.5 Å². The normalized spacial score (nSPS) is 27.4. The maximum atomic E-state index is 12.3. The summed E-state index contributed by atoms with van der Waals surface area (Å²) in [6, 6.07) is 2.13. The molecule has 0 N–H and O–H groups in total. The van der Waals surface area contributed by atoms with Gasteiger partial charge >= 0.3 is 6.01 Å². The SMILES string of the molecule is Cc1ccnc(OC[C@H]2CCS(=O)(=O)C23CN(C)C3)n1. The van der Waals surface area contributed by atoms with Crippen molar-refractivity contribution in [3.63, 3.8) is 0 Å². The van der Waals surface area contributed by atoms with E-state index < -0.39 is 14.6 Å². The van der Waals surface area contributed by atoms with Crippen LogP contribution < -0.4 is 4.74 Å². The first-order chi connectivity index (χ1) is 9.43. The molecule has 7 heteroatoms. The van der Waals surface area contributed by atoms with Crippen LogP contribution in [0.15, 0.2) is 12.3 Å². The molecule has 0 aliphatic carbocycles. The lowest BCUT2D eigenvalue weighted by molar-refractivity contribution is 0.0841. The summed E-state index contributed by atoms with van der Waals surface area (Å²) in [4.78, 5) is 10.3. The molecule has 2 aliphatic heterocycles. The molecule has 0 unspecified atom stereocenters. The summed E-state index contributed by atoms with van der Waals surface area (Å²) in [7, 11) is -1.06. The highest BCUT2D eigenvalue weighted by Gasteiger charge is 2.60. The first-order valence-corrected chi connectivity index (χ1v) is 8.41. The Morgan fingerprint density at radius 2 is 2.25 bits per heavy atom. The van der Waals surface area contributed by atoms with Crippen LogP contribution in [0, 0.1) is 12.8 Å². The predicted molar refractivity (Wildman–Crippen MR) is 74.4 cm³/mol. The van der Waals surface area contributed by atoms with Crippen molar-refractivity contribution in [1.29, 1.82) is 0 Å². The van der Waals surface area contributed by atoms with Crippen molar-refractivity contribution in [2.24, 2.45) is 5.92 Å². The third-order valence-electron chi connectivity index (χ3n) is 4.36. The van der Waals surface area contributed by atoms with Gasteiger partial charge in [0.2, 0.25) is 0 Å². The number of hydrogen-bond acceptors (Lipinski definition) is 6. The molecule has 2 fully saturated rings. The summed E-state index contributed by atoms with van der Waals surface area (Å²) in [5.74, 6) is 0.302. The molecule has 1 aromatic rings. The van der Waals surface area contributed by atoms with Gasteiger partial charge in [0.25, 0.3) is 0 Å². The number of sulfone groups is 1. The van der Waals surface area contributed by atoms with Crippen LogP contribution in [0.3, 0.4) is 0 Å². The van der Waals surface area contributed by atoms with E-state index in [0.29, 0.717) is 32.1 Å². The van der Waals surface area contributed by atoms with Gasteiger partial charge in [-0.3, -0.25) is 0 Å². The van der Waals surface area contributed by atoms with Crippen LogP contribution in [-0.4, -0.2) is 60.5 Å². The second-order valence-corrected chi connectivity index (χ2v) is 8.28. The summed E-state index contributed by atoms with van der Waals surface area (Å²) < 4.78 is 29.6. The highest BCUT2D eigenvalue weighted by molar-refractivity contribution is 7.93. The topological polar surface area (TPSA) is 72.4 Å². The molecule has 0 aromatic carbocycles. The van der Waals surface area contributed by atoms with E-state index in [1.807, 2.05) is 18.9 Å². The molecule has 0 amide bonds. The Bertz CT molecular complexity index is 611. The van der Waals surface area contributed by atoms with E-state index in [0.717, 1.165) is 5.69 Å². The van der Waals surface area contributed by atoms with Crippen LogP contribution in [0.25, 0.3) is 0 Å². The minimum atomic E-state index is -3.01. The molecular formula is C13H19N3O3S. The molecule has 3 rings (SSSR count). The van der Waals surface area contributed by atoms with E-state index in [-0.39, 0.29) is 11.7 Å². The molecule has 0 bridgehead atoms. The fourth-order valence-corrected chi connectivity index (χ4v) is 5.78. The summed E-state index contributed by atoms with van der Waals surface area (Å²) in [6.45, 7) is 3.46. The van der Waals surface area contributed by atoms with Crippen LogP contribution in [0.2, 0.25) is 0 Å². The Hall–Kier alpha value is -1.21. The van der Waals surface area contributed by atoms with Gasteiger partial charge in [0, 0.05) is 30.9 Å². The smallest absolute Gasteiger partial charge is 0.316 e. The Morgan fingerprint density at radius 3 is 2.90 bits per heavy atom. The first-order valence-electron chi connectivity index (χ1n) is 6.76. The minimum Gasteiger partial charge on any atom is -0.463 e. The highest BCUT2D eigenvalue weighted by atomic mass is 32.2. The molecule has 6 nitrogen and oxygen atoms in total. The lowest BCUT2D eigenvalue weighted by Crippen LogP contribution is -2.66. The van der Waals surface area contributed by atoms with Gasteiger partial charge in [0.05, 0.1) is 12.4 Å². The van der Waals surface area contributed by atoms with Crippen molar-refractivity contribution in [1.82, 2.24) is 14.9 Å². The third-order valence-corrected chi connectivity index (χ3v) is 6.96. The molecule has 0 saturated carbocycles. The Morgan fingerprint density at radius 1 is 1.50 bits per heavy atom. The zero-order chi connectivity index (χ0) is 14.4. The van der Waals surface area contributed by atoms with Gasteiger partial charge in [-0.2, -0.15) is 0 Å². The van der Waals surface area contributed by atoms with Crippen LogP contribution in [0.1, 0.15) is 12.1 Å². The van der Waals surface area contributed by atoms with Gasteiger partial charge in [-0.15, -0.1) is 0 Å². The monoisotopic (exact) mass is 297 g/mol. The van der Waals surface area contributed by atoms with Crippen LogP contribution in [0.4, 0.5) is 0 Å². The minimum absolute atomic E-state index is 0.0350. The molecule has 1 atom stereocenters. The molecule has 3 heterocycles. The molecule has 2 saturated heterocycles.